The van der Waals surface area contributed by atoms with Gasteiger partial charge in [0.25, 0.3) is 11.9 Å². The third kappa shape index (κ3) is 205. The van der Waals surface area contributed by atoms with Crippen LogP contribution in [0.1, 0.15) is 34.1 Å². The highest BCUT2D eigenvalue weighted by Gasteiger charge is 2.07. The number of aliphatic carboxylic acids is 3. The Labute approximate surface area is 165 Å². The molecule has 0 amide bonds. The minimum atomic E-state index is -1.18. The van der Waals surface area contributed by atoms with Crippen LogP contribution in [0, 0.1) is 0 Å². The van der Waals surface area contributed by atoms with Gasteiger partial charge in [-0.2, -0.15) is 0 Å². The van der Waals surface area contributed by atoms with Gasteiger partial charge in [0.05, 0.1) is 27.7 Å². The van der Waals surface area contributed by atoms with Crippen molar-refractivity contribution < 1.29 is 59.4 Å². The van der Waals surface area contributed by atoms with Crippen LogP contribution in [0.5, 0.6) is 0 Å². The zero-order valence-electron chi connectivity index (χ0n) is 17.7. The molecule has 0 aromatic heterocycles. The van der Waals surface area contributed by atoms with Crippen LogP contribution < -0.4 is 5.11 Å². The van der Waals surface area contributed by atoms with E-state index in [2.05, 4.69) is 21.1 Å². The van der Waals surface area contributed by atoms with E-state index < -0.39 is 30.5 Å². The summed E-state index contributed by atoms with van der Waals surface area (Å²) in [5, 5.41) is 55.3. The van der Waals surface area contributed by atoms with Crippen molar-refractivity contribution in [1.82, 2.24) is 0 Å². The molecule has 28 heavy (non-hydrogen) atoms. The number of carbonyl (C=O) groups is 4. The molecule has 0 aromatic rings. The molecule has 12 nitrogen and oxygen atoms in total. The number of aliphatic hydroxyl groups is 3. The van der Waals surface area contributed by atoms with Crippen molar-refractivity contribution in [2.24, 2.45) is 0 Å². The lowest BCUT2D eigenvalue weighted by Gasteiger charge is -2.21. The van der Waals surface area contributed by atoms with Crippen LogP contribution in [-0.4, -0.2) is 107 Å². The Morgan fingerprint density at radius 1 is 0.964 bits per heavy atom. The molecule has 0 saturated carbocycles. The number of hydrogen-bond donors (Lipinski definition) is 6. The van der Waals surface area contributed by atoms with Crippen molar-refractivity contribution in [2.45, 2.75) is 40.2 Å². The molecule has 172 valence electrons. The summed E-state index contributed by atoms with van der Waals surface area (Å²) in [6.45, 7) is 6.32. The average molecular weight is 419 g/mol. The summed E-state index contributed by atoms with van der Waals surface area (Å²) in [5.41, 5.74) is 0. The van der Waals surface area contributed by atoms with E-state index in [9.17, 15) is 4.79 Å². The van der Waals surface area contributed by atoms with Gasteiger partial charge >= 0.3 is 5.97 Å². The lowest BCUT2D eigenvalue weighted by Crippen LogP contribution is -2.36. The minimum Gasteiger partial charge on any atom is -0.554 e. The second-order valence-corrected chi connectivity index (χ2v) is 5.45. The number of carboxylic acids is 3. The maximum absolute atomic E-state index is 9.68. The van der Waals surface area contributed by atoms with Gasteiger partial charge in [-0.1, -0.05) is 6.92 Å². The van der Waals surface area contributed by atoms with Crippen molar-refractivity contribution in [3.8, 4) is 0 Å². The Balaban J connectivity index is -0.0000000540. The highest BCUT2D eigenvalue weighted by Crippen LogP contribution is 1.86. The molecule has 0 bridgehead atoms. The number of rotatable bonds is 4. The molecular weight excluding hydrogens is 382 g/mol. The van der Waals surface area contributed by atoms with Crippen LogP contribution in [-0.2, 0) is 19.2 Å². The van der Waals surface area contributed by atoms with Gasteiger partial charge in [-0.15, -0.1) is 0 Å². The maximum atomic E-state index is 9.68. The van der Waals surface area contributed by atoms with Gasteiger partial charge in [0.1, 0.15) is 6.54 Å². The third-order valence-electron chi connectivity index (χ3n) is 1.44. The zero-order valence-corrected chi connectivity index (χ0v) is 17.7. The summed E-state index contributed by atoms with van der Waals surface area (Å²) in [6, 6.07) is 0. The first-order valence-corrected chi connectivity index (χ1v) is 7.91. The van der Waals surface area contributed by atoms with E-state index in [1.54, 1.807) is 13.8 Å². The summed E-state index contributed by atoms with van der Waals surface area (Å²) < 4.78 is 0.844. The van der Waals surface area contributed by atoms with Gasteiger partial charge in [-0.05, 0) is 13.3 Å². The molecule has 0 rings (SSSR count). The number of hydrogen-bond acceptors (Lipinski definition) is 8. The number of aliphatic hydroxyl groups excluding tert-OH is 3. The molecule has 0 aromatic carbocycles. The number of quaternary nitrogens is 1. The number of likely N-dealkylation sites (N-methyl/N-ethyl adjacent to an activating group) is 1. The summed E-state index contributed by atoms with van der Waals surface area (Å²) >= 11 is 0. The van der Waals surface area contributed by atoms with Crippen LogP contribution >= 0.6 is 0 Å². The van der Waals surface area contributed by atoms with Crippen molar-refractivity contribution >= 4 is 24.4 Å². The van der Waals surface area contributed by atoms with Gasteiger partial charge in [-0.25, -0.2) is 4.79 Å². The number of carboxylic acid groups (broad SMARTS) is 4. The molecule has 12 heteroatoms. The number of nitrogens with zero attached hydrogens (tertiary/aromatic N) is 1. The molecule has 0 aliphatic rings. The predicted molar refractivity (Wildman–Crippen MR) is 99.4 cm³/mol. The quantitative estimate of drug-likeness (QED) is 0.218. The average Bonchev–Trinajstić information content (AvgIpc) is 2.46. The standard InChI is InChI=1S/C5H14NO.C4H8O3.2C2H4O2.C2H6O.CH2O2/c1-6(2,3)4-5-7;1-2-3(5)4(6)7;2*1-2(3)4;1-2-3;2-1-3/h7H,4-5H2,1-3H3;3,5H,2H2,1H3,(H,6,7);2*1H3,(H,3,4);3H,2H2,1H3;1H,(H,2,3)/q+1;;;;;/p-1. The Morgan fingerprint density at radius 2 is 1.18 bits per heavy atom. The minimum absolute atomic E-state index is 0.250. The fraction of sp³-hybridized carbons (Fsp3) is 0.750. The second kappa shape index (κ2) is 32.4. The molecule has 0 spiro atoms. The fourth-order valence-corrected chi connectivity index (χ4v) is 0.475. The first kappa shape index (κ1) is 40.4. The topological polar surface area (TPSA) is 213 Å². The number of carbonyl (C=O) groups excluding carboxylic acids is 1. The monoisotopic (exact) mass is 419 g/mol. The van der Waals surface area contributed by atoms with Crippen LogP contribution in [0.15, 0.2) is 0 Å². The Kier molecular flexibility index (Phi) is 46.8. The molecule has 0 aliphatic carbocycles. The van der Waals surface area contributed by atoms with Crippen molar-refractivity contribution in [3.05, 3.63) is 0 Å². The molecule has 0 fully saturated rings. The first-order chi connectivity index (χ1) is 12.5. The first-order valence-electron chi connectivity index (χ1n) is 7.91. The molecular formula is C16H37NO11. The van der Waals surface area contributed by atoms with Crippen molar-refractivity contribution in [1.29, 1.82) is 0 Å². The van der Waals surface area contributed by atoms with Gasteiger partial charge in [0.2, 0.25) is 0 Å². The molecule has 1 atom stereocenters. The Hall–Kier alpha value is -2.28. The third-order valence-corrected chi connectivity index (χ3v) is 1.44. The molecule has 0 heterocycles. The van der Waals surface area contributed by atoms with Crippen LogP contribution in [0.4, 0.5) is 0 Å². The SMILES string of the molecule is CC(=O)O.CC(=O)O.CCC(O)C(=O)O.CCO.C[N+](C)(C)CCO.O=C[O-]. The van der Waals surface area contributed by atoms with E-state index in [1.807, 2.05) is 0 Å². The predicted octanol–water partition coefficient (Wildman–Crippen LogP) is -1.93. The van der Waals surface area contributed by atoms with E-state index in [0.717, 1.165) is 24.9 Å². The summed E-state index contributed by atoms with van der Waals surface area (Å²) in [7, 11) is 6.16. The van der Waals surface area contributed by atoms with E-state index in [4.69, 9.17) is 50.1 Å². The molecule has 6 N–H and O–H groups in total. The molecule has 0 radical (unpaired) electrons. The summed E-state index contributed by atoms with van der Waals surface area (Å²) in [5.74, 6) is -2.82. The second-order valence-electron chi connectivity index (χ2n) is 5.45. The maximum Gasteiger partial charge on any atom is 0.332 e. The normalized spacial score (nSPS) is 9.21. The van der Waals surface area contributed by atoms with Gasteiger partial charge in [0, 0.05) is 26.9 Å². The van der Waals surface area contributed by atoms with Gasteiger partial charge in [-0.3, -0.25) is 9.59 Å². The highest BCUT2D eigenvalue weighted by atomic mass is 16.4. The van der Waals surface area contributed by atoms with Crippen molar-refractivity contribution in [2.75, 3.05) is 40.9 Å². The van der Waals surface area contributed by atoms with Crippen LogP contribution in [0.2, 0.25) is 0 Å². The fourth-order valence-electron chi connectivity index (χ4n) is 0.475. The summed E-state index contributed by atoms with van der Waals surface area (Å²) in [4.78, 5) is 35.9. The lowest BCUT2D eigenvalue weighted by molar-refractivity contribution is -0.870. The molecule has 0 aliphatic heterocycles. The van der Waals surface area contributed by atoms with E-state index in [-0.39, 0.29) is 19.6 Å². The lowest BCUT2D eigenvalue weighted by atomic mass is 10.3. The highest BCUT2D eigenvalue weighted by molar-refractivity contribution is 5.71. The largest absolute Gasteiger partial charge is 0.554 e. The molecule has 0 saturated heterocycles. The van der Waals surface area contributed by atoms with Crippen LogP contribution in [0.3, 0.4) is 0 Å². The van der Waals surface area contributed by atoms with E-state index in [0.29, 0.717) is 0 Å². The smallest absolute Gasteiger partial charge is 0.332 e. The Bertz CT molecular complexity index is 335. The Morgan fingerprint density at radius 3 is 1.18 bits per heavy atom. The summed E-state index contributed by atoms with van der Waals surface area (Å²) in [6.07, 6.45) is -0.907. The van der Waals surface area contributed by atoms with Gasteiger partial charge in [0.15, 0.2) is 6.10 Å². The van der Waals surface area contributed by atoms with Gasteiger partial charge < -0.3 is 45.0 Å². The van der Waals surface area contributed by atoms with E-state index in [1.165, 1.54) is 0 Å². The van der Waals surface area contributed by atoms with Crippen LogP contribution in [0.25, 0.3) is 0 Å². The van der Waals surface area contributed by atoms with E-state index >= 15 is 0 Å². The molecule has 1 unspecified atom stereocenters. The van der Waals surface area contributed by atoms with Crippen molar-refractivity contribution in [3.63, 3.8) is 0 Å². The zero-order chi connectivity index (χ0) is 24.3.